The Labute approximate surface area is 140 Å². The number of ether oxygens (including phenoxy) is 1. The van der Waals surface area contributed by atoms with Crippen LogP contribution in [0, 0.1) is 12.8 Å². The molecule has 4 heteroatoms. The van der Waals surface area contributed by atoms with E-state index in [1.54, 1.807) is 0 Å². The fraction of sp³-hybridized carbons (Fsp3) is 0.737. The molecule has 2 saturated heterocycles. The topological polar surface area (TPSA) is 28.6 Å². The van der Waals surface area contributed by atoms with Gasteiger partial charge in [0.15, 0.2) is 0 Å². The van der Waals surface area contributed by atoms with Gasteiger partial charge in [-0.3, -0.25) is 4.98 Å². The van der Waals surface area contributed by atoms with Crippen LogP contribution >= 0.6 is 0 Å². The molecule has 0 unspecified atom stereocenters. The summed E-state index contributed by atoms with van der Waals surface area (Å²) in [5.74, 6) is 0.785. The molecule has 4 nitrogen and oxygen atoms in total. The van der Waals surface area contributed by atoms with Crippen molar-refractivity contribution in [1.29, 1.82) is 0 Å². The predicted octanol–water partition coefficient (Wildman–Crippen LogP) is 3.11. The third-order valence-electron chi connectivity index (χ3n) is 5.24. The normalized spacial score (nSPS) is 26.0. The van der Waals surface area contributed by atoms with Gasteiger partial charge in [0, 0.05) is 50.9 Å². The molecule has 128 valence electrons. The first-order valence-electron chi connectivity index (χ1n) is 9.05. The monoisotopic (exact) mass is 317 g/mol. The highest BCUT2D eigenvalue weighted by molar-refractivity contribution is 5.51. The lowest BCUT2D eigenvalue weighted by atomic mass is 9.88. The number of rotatable bonds is 3. The summed E-state index contributed by atoms with van der Waals surface area (Å²) in [5, 5.41) is 0. The van der Waals surface area contributed by atoms with Crippen LogP contribution in [0.5, 0.6) is 0 Å². The highest BCUT2D eigenvalue weighted by Gasteiger charge is 2.30. The van der Waals surface area contributed by atoms with Gasteiger partial charge in [0.05, 0.1) is 5.60 Å². The molecule has 1 aromatic heterocycles. The molecular formula is C19H31N3O. The van der Waals surface area contributed by atoms with Crippen molar-refractivity contribution in [3.05, 3.63) is 24.0 Å². The lowest BCUT2D eigenvalue weighted by Crippen LogP contribution is -2.40. The second-order valence-corrected chi connectivity index (χ2v) is 7.77. The van der Waals surface area contributed by atoms with Gasteiger partial charge in [0.1, 0.15) is 0 Å². The second kappa shape index (κ2) is 7.18. The Bertz CT molecular complexity index is 517. The number of hydrogen-bond acceptors (Lipinski definition) is 4. The largest absolute Gasteiger partial charge is 0.376 e. The average Bonchev–Trinajstić information content (AvgIpc) is 2.72. The Balaban J connectivity index is 1.55. The van der Waals surface area contributed by atoms with Crippen LogP contribution < -0.4 is 4.90 Å². The van der Waals surface area contributed by atoms with Crippen molar-refractivity contribution in [3.8, 4) is 0 Å². The smallest absolute Gasteiger partial charge is 0.0629 e. The summed E-state index contributed by atoms with van der Waals surface area (Å²) in [6.45, 7) is 13.4. The molecular weight excluding hydrogens is 286 g/mol. The van der Waals surface area contributed by atoms with Gasteiger partial charge in [0.2, 0.25) is 0 Å². The zero-order chi connectivity index (χ0) is 16.3. The van der Waals surface area contributed by atoms with Crippen molar-refractivity contribution in [2.45, 2.75) is 45.6 Å². The summed E-state index contributed by atoms with van der Waals surface area (Å²) in [6.07, 6.45) is 7.54. The van der Waals surface area contributed by atoms with Gasteiger partial charge >= 0.3 is 0 Å². The van der Waals surface area contributed by atoms with E-state index in [1.807, 2.05) is 12.4 Å². The number of aromatic nitrogens is 1. The molecule has 3 rings (SSSR count). The highest BCUT2D eigenvalue weighted by atomic mass is 16.5. The van der Waals surface area contributed by atoms with Crippen LogP contribution in [-0.2, 0) is 4.74 Å². The first-order chi connectivity index (χ1) is 11.0. The summed E-state index contributed by atoms with van der Waals surface area (Å²) < 4.78 is 5.86. The minimum atomic E-state index is 0.0644. The molecule has 1 atom stereocenters. The van der Waals surface area contributed by atoms with Crippen LogP contribution in [0.4, 0.5) is 5.69 Å². The van der Waals surface area contributed by atoms with Crippen LogP contribution in [-0.4, -0.2) is 54.8 Å². The summed E-state index contributed by atoms with van der Waals surface area (Å²) in [7, 11) is 0. The van der Waals surface area contributed by atoms with Gasteiger partial charge in [-0.1, -0.05) is 0 Å². The van der Waals surface area contributed by atoms with E-state index < -0.39 is 0 Å². The van der Waals surface area contributed by atoms with E-state index in [1.165, 1.54) is 50.1 Å². The van der Waals surface area contributed by atoms with Crippen molar-refractivity contribution in [3.63, 3.8) is 0 Å². The van der Waals surface area contributed by atoms with Gasteiger partial charge in [-0.05, 0) is 64.1 Å². The first kappa shape index (κ1) is 16.7. The summed E-state index contributed by atoms with van der Waals surface area (Å²) >= 11 is 0. The molecule has 0 aromatic carbocycles. The Morgan fingerprint density at radius 2 is 2.13 bits per heavy atom. The Kier molecular flexibility index (Phi) is 5.22. The van der Waals surface area contributed by atoms with Crippen molar-refractivity contribution in [1.82, 2.24) is 9.88 Å². The molecule has 1 aromatic rings. The SMILES string of the molecule is Cc1cnccc1N1CCCN(C[C@H]2CCOC(C)(C)C2)CC1. The molecule has 0 bridgehead atoms. The zero-order valence-electron chi connectivity index (χ0n) is 14.9. The van der Waals surface area contributed by atoms with Crippen LogP contribution in [0.2, 0.25) is 0 Å². The minimum Gasteiger partial charge on any atom is -0.376 e. The van der Waals surface area contributed by atoms with E-state index >= 15 is 0 Å². The quantitative estimate of drug-likeness (QED) is 0.856. The van der Waals surface area contributed by atoms with Gasteiger partial charge in [-0.15, -0.1) is 0 Å². The van der Waals surface area contributed by atoms with E-state index in [0.29, 0.717) is 0 Å². The molecule has 2 aliphatic rings. The summed E-state index contributed by atoms with van der Waals surface area (Å²) in [5.41, 5.74) is 2.70. The maximum absolute atomic E-state index is 5.86. The number of pyridine rings is 1. The van der Waals surface area contributed by atoms with Gasteiger partial charge in [-0.2, -0.15) is 0 Å². The molecule has 2 fully saturated rings. The molecule has 3 heterocycles. The maximum atomic E-state index is 5.86. The van der Waals surface area contributed by atoms with Gasteiger partial charge in [-0.25, -0.2) is 0 Å². The Hall–Kier alpha value is -1.13. The summed E-state index contributed by atoms with van der Waals surface area (Å²) in [6, 6.07) is 2.16. The third kappa shape index (κ3) is 4.45. The number of anilines is 1. The van der Waals surface area contributed by atoms with Crippen molar-refractivity contribution in [2.24, 2.45) is 5.92 Å². The van der Waals surface area contributed by atoms with Crippen molar-refractivity contribution in [2.75, 3.05) is 44.2 Å². The lowest BCUT2D eigenvalue weighted by molar-refractivity contribution is -0.0765. The molecule has 0 aliphatic carbocycles. The minimum absolute atomic E-state index is 0.0644. The van der Waals surface area contributed by atoms with Crippen LogP contribution in [0.15, 0.2) is 18.5 Å². The fourth-order valence-corrected chi connectivity index (χ4v) is 4.09. The molecule has 0 N–H and O–H groups in total. The zero-order valence-corrected chi connectivity index (χ0v) is 14.9. The molecule has 0 saturated carbocycles. The molecule has 0 spiro atoms. The second-order valence-electron chi connectivity index (χ2n) is 7.77. The van der Waals surface area contributed by atoms with E-state index in [-0.39, 0.29) is 5.60 Å². The fourth-order valence-electron chi connectivity index (χ4n) is 4.09. The molecule has 0 radical (unpaired) electrons. The van der Waals surface area contributed by atoms with Gasteiger partial charge in [0.25, 0.3) is 0 Å². The summed E-state index contributed by atoms with van der Waals surface area (Å²) in [4.78, 5) is 9.42. The highest BCUT2D eigenvalue weighted by Crippen LogP contribution is 2.29. The van der Waals surface area contributed by atoms with Crippen LogP contribution in [0.3, 0.4) is 0 Å². The predicted molar refractivity (Wildman–Crippen MR) is 95.0 cm³/mol. The van der Waals surface area contributed by atoms with Crippen molar-refractivity contribution < 1.29 is 4.74 Å². The van der Waals surface area contributed by atoms with E-state index in [9.17, 15) is 0 Å². The number of hydrogen-bond donors (Lipinski definition) is 0. The molecule has 0 amide bonds. The number of aryl methyl sites for hydroxylation is 1. The standard InChI is InChI=1S/C19H31N3O/c1-16-14-20-7-5-18(16)22-9-4-8-21(10-11-22)15-17-6-12-23-19(2,3)13-17/h5,7,14,17H,4,6,8-13,15H2,1-3H3/t17-/m0/s1. The van der Waals surface area contributed by atoms with Crippen molar-refractivity contribution >= 4 is 5.69 Å². The Morgan fingerprint density at radius 3 is 2.91 bits per heavy atom. The number of nitrogens with zero attached hydrogens (tertiary/aromatic N) is 3. The average molecular weight is 317 g/mol. The third-order valence-corrected chi connectivity index (χ3v) is 5.24. The van der Waals surface area contributed by atoms with Crippen LogP contribution in [0.1, 0.15) is 38.7 Å². The first-order valence-corrected chi connectivity index (χ1v) is 9.05. The maximum Gasteiger partial charge on any atom is 0.0629 e. The van der Waals surface area contributed by atoms with Crippen LogP contribution in [0.25, 0.3) is 0 Å². The molecule has 2 aliphatic heterocycles. The van der Waals surface area contributed by atoms with Gasteiger partial charge < -0.3 is 14.5 Å². The van der Waals surface area contributed by atoms with E-state index in [2.05, 4.69) is 41.6 Å². The van der Waals surface area contributed by atoms with E-state index in [0.717, 1.165) is 25.6 Å². The van der Waals surface area contributed by atoms with E-state index in [4.69, 9.17) is 4.74 Å². The Morgan fingerprint density at radius 1 is 1.26 bits per heavy atom. The lowest BCUT2D eigenvalue weighted by Gasteiger charge is -2.37. The molecule has 23 heavy (non-hydrogen) atoms.